The maximum absolute atomic E-state index is 12.0. The third kappa shape index (κ3) is 2.85. The van der Waals surface area contributed by atoms with Crippen molar-refractivity contribution >= 4 is 17.1 Å². The minimum absolute atomic E-state index is 0.292. The Morgan fingerprint density at radius 1 is 1.44 bits per heavy atom. The van der Waals surface area contributed by atoms with E-state index in [1.807, 2.05) is 11.4 Å². The molecule has 1 aliphatic carbocycles. The second-order valence-corrected chi connectivity index (χ2v) is 5.39. The lowest BCUT2D eigenvalue weighted by molar-refractivity contribution is 0.0954. The number of ether oxygens (including phenoxy) is 1. The molecule has 1 heterocycles. The minimum Gasteiger partial charge on any atom is -0.496 e. The van der Waals surface area contributed by atoms with Crippen molar-refractivity contribution in [2.45, 2.75) is 38.5 Å². The molecule has 1 aromatic heterocycles. The number of carbonyl (C=O) groups is 1. The molecule has 0 saturated heterocycles. The molecule has 0 aromatic carbocycles. The average molecular weight is 238 g/mol. The summed E-state index contributed by atoms with van der Waals surface area (Å²) in [6.45, 7) is 0. The Bertz CT molecular complexity index is 351. The zero-order valence-corrected chi connectivity index (χ0v) is 10.5. The van der Waals surface area contributed by atoms with E-state index in [4.69, 9.17) is 4.74 Å². The van der Waals surface area contributed by atoms with Crippen molar-refractivity contribution in [2.75, 3.05) is 7.11 Å². The van der Waals surface area contributed by atoms with Crippen LogP contribution in [-0.2, 0) is 0 Å². The normalized spacial score (nSPS) is 17.3. The fourth-order valence-corrected chi connectivity index (χ4v) is 3.13. The molecule has 0 aliphatic heterocycles. The van der Waals surface area contributed by atoms with Crippen LogP contribution in [0, 0.1) is 5.92 Å². The van der Waals surface area contributed by atoms with E-state index in [0.717, 1.165) is 17.0 Å². The van der Waals surface area contributed by atoms with Crippen LogP contribution in [0.1, 0.15) is 48.2 Å². The highest BCUT2D eigenvalue weighted by Gasteiger charge is 2.19. The van der Waals surface area contributed by atoms with Crippen LogP contribution in [0.5, 0.6) is 5.75 Å². The van der Waals surface area contributed by atoms with Gasteiger partial charge in [-0.3, -0.25) is 4.79 Å². The van der Waals surface area contributed by atoms with Gasteiger partial charge in [-0.2, -0.15) is 0 Å². The van der Waals surface area contributed by atoms with Crippen molar-refractivity contribution in [2.24, 2.45) is 5.92 Å². The second kappa shape index (κ2) is 5.48. The van der Waals surface area contributed by atoms with Gasteiger partial charge in [0.1, 0.15) is 5.75 Å². The van der Waals surface area contributed by atoms with Crippen LogP contribution in [0.2, 0.25) is 0 Å². The SMILES string of the molecule is COc1csc(C(=O)CC2CCCCC2)c1. The van der Waals surface area contributed by atoms with Crippen LogP contribution in [-0.4, -0.2) is 12.9 Å². The predicted octanol–water partition coefficient (Wildman–Crippen LogP) is 3.91. The molecule has 0 atom stereocenters. The summed E-state index contributed by atoms with van der Waals surface area (Å²) in [5.74, 6) is 1.71. The van der Waals surface area contributed by atoms with Crippen molar-refractivity contribution < 1.29 is 9.53 Å². The number of Topliss-reactive ketones (excluding diaryl/α,β-unsaturated/α-hetero) is 1. The number of methoxy groups -OCH3 is 1. The molecule has 88 valence electrons. The van der Waals surface area contributed by atoms with Crippen LogP contribution in [0.4, 0.5) is 0 Å². The summed E-state index contributed by atoms with van der Waals surface area (Å²) in [7, 11) is 1.64. The molecule has 3 heteroatoms. The molecule has 1 aliphatic rings. The summed E-state index contributed by atoms with van der Waals surface area (Å²) in [4.78, 5) is 12.8. The lowest BCUT2D eigenvalue weighted by Crippen LogP contribution is -2.11. The van der Waals surface area contributed by atoms with E-state index < -0.39 is 0 Å². The van der Waals surface area contributed by atoms with Crippen molar-refractivity contribution in [1.82, 2.24) is 0 Å². The van der Waals surface area contributed by atoms with Gasteiger partial charge in [0.25, 0.3) is 0 Å². The topological polar surface area (TPSA) is 26.3 Å². The molecule has 0 bridgehead atoms. The minimum atomic E-state index is 0.292. The lowest BCUT2D eigenvalue weighted by atomic mass is 9.85. The summed E-state index contributed by atoms with van der Waals surface area (Å²) in [6, 6.07) is 1.86. The molecule has 0 unspecified atom stereocenters. The highest BCUT2D eigenvalue weighted by Crippen LogP contribution is 2.29. The van der Waals surface area contributed by atoms with E-state index in [1.54, 1.807) is 7.11 Å². The maximum atomic E-state index is 12.0. The Morgan fingerprint density at radius 2 is 2.19 bits per heavy atom. The summed E-state index contributed by atoms with van der Waals surface area (Å²) in [6.07, 6.45) is 7.13. The van der Waals surface area contributed by atoms with Gasteiger partial charge >= 0.3 is 0 Å². The third-order valence-electron chi connectivity index (χ3n) is 3.28. The Morgan fingerprint density at radius 3 is 2.81 bits per heavy atom. The number of hydrogen-bond donors (Lipinski definition) is 0. The zero-order valence-electron chi connectivity index (χ0n) is 9.70. The second-order valence-electron chi connectivity index (χ2n) is 4.48. The van der Waals surface area contributed by atoms with E-state index in [9.17, 15) is 4.79 Å². The van der Waals surface area contributed by atoms with Gasteiger partial charge in [0.2, 0.25) is 0 Å². The summed E-state index contributed by atoms with van der Waals surface area (Å²) < 4.78 is 5.09. The van der Waals surface area contributed by atoms with Crippen LogP contribution in [0.3, 0.4) is 0 Å². The van der Waals surface area contributed by atoms with E-state index in [0.29, 0.717) is 11.7 Å². The molecule has 0 amide bonds. The van der Waals surface area contributed by atoms with Gasteiger partial charge < -0.3 is 4.74 Å². The van der Waals surface area contributed by atoms with Gasteiger partial charge in [0.15, 0.2) is 5.78 Å². The van der Waals surface area contributed by atoms with E-state index in [-0.39, 0.29) is 0 Å². The number of carbonyl (C=O) groups excluding carboxylic acids is 1. The predicted molar refractivity (Wildman–Crippen MR) is 66.4 cm³/mol. The Labute approximate surface area is 101 Å². The molecule has 1 saturated carbocycles. The van der Waals surface area contributed by atoms with E-state index >= 15 is 0 Å². The van der Waals surface area contributed by atoms with Crippen LogP contribution < -0.4 is 4.74 Å². The largest absolute Gasteiger partial charge is 0.496 e. The quantitative estimate of drug-likeness (QED) is 0.743. The fourth-order valence-electron chi connectivity index (χ4n) is 2.33. The highest BCUT2D eigenvalue weighted by atomic mass is 32.1. The number of rotatable bonds is 4. The first-order valence-corrected chi connectivity index (χ1v) is 6.83. The molecule has 1 aromatic rings. The van der Waals surface area contributed by atoms with Crippen LogP contribution in [0.15, 0.2) is 11.4 Å². The fraction of sp³-hybridized carbons (Fsp3) is 0.615. The standard InChI is InChI=1S/C13H18O2S/c1-15-11-8-13(16-9-11)12(14)7-10-5-3-2-4-6-10/h8-10H,2-7H2,1H3. The first kappa shape index (κ1) is 11.6. The van der Waals surface area contributed by atoms with Gasteiger partial charge in [-0.1, -0.05) is 32.1 Å². The van der Waals surface area contributed by atoms with Gasteiger partial charge in [0, 0.05) is 17.9 Å². The number of hydrogen-bond acceptors (Lipinski definition) is 3. The molecule has 1 fully saturated rings. The van der Waals surface area contributed by atoms with Crippen molar-refractivity contribution in [1.29, 1.82) is 0 Å². The molecular formula is C13H18O2S. The highest BCUT2D eigenvalue weighted by molar-refractivity contribution is 7.12. The Kier molecular flexibility index (Phi) is 3.99. The summed E-state index contributed by atoms with van der Waals surface area (Å²) in [5, 5.41) is 1.90. The first-order chi connectivity index (χ1) is 7.79. The molecule has 0 radical (unpaired) electrons. The monoisotopic (exact) mass is 238 g/mol. The number of thiophene rings is 1. The van der Waals surface area contributed by atoms with Crippen LogP contribution in [0.25, 0.3) is 0 Å². The maximum Gasteiger partial charge on any atom is 0.173 e. The third-order valence-corrected chi connectivity index (χ3v) is 4.23. The summed E-state index contributed by atoms with van der Waals surface area (Å²) >= 11 is 1.50. The molecule has 2 rings (SSSR count). The number of ketones is 1. The van der Waals surface area contributed by atoms with Crippen molar-refractivity contribution in [3.63, 3.8) is 0 Å². The summed E-state index contributed by atoms with van der Waals surface area (Å²) in [5.41, 5.74) is 0. The van der Waals surface area contributed by atoms with Crippen molar-refractivity contribution in [3.05, 3.63) is 16.3 Å². The zero-order chi connectivity index (χ0) is 11.4. The van der Waals surface area contributed by atoms with Gasteiger partial charge in [-0.05, 0) is 5.92 Å². The molecule has 2 nitrogen and oxygen atoms in total. The molecule has 0 N–H and O–H groups in total. The van der Waals surface area contributed by atoms with E-state index in [1.165, 1.54) is 43.4 Å². The van der Waals surface area contributed by atoms with Crippen molar-refractivity contribution in [3.8, 4) is 5.75 Å². The lowest BCUT2D eigenvalue weighted by Gasteiger charge is -2.20. The average Bonchev–Trinajstić information content (AvgIpc) is 2.79. The first-order valence-electron chi connectivity index (χ1n) is 5.95. The van der Waals surface area contributed by atoms with Gasteiger partial charge in [-0.15, -0.1) is 11.3 Å². The molecular weight excluding hydrogens is 220 g/mol. The smallest absolute Gasteiger partial charge is 0.173 e. The Hall–Kier alpha value is -0.830. The molecule has 16 heavy (non-hydrogen) atoms. The van der Waals surface area contributed by atoms with E-state index in [2.05, 4.69) is 0 Å². The molecule has 0 spiro atoms. The van der Waals surface area contributed by atoms with Gasteiger partial charge in [-0.25, -0.2) is 0 Å². The Balaban J connectivity index is 1.91. The van der Waals surface area contributed by atoms with Crippen LogP contribution >= 0.6 is 11.3 Å². The van der Waals surface area contributed by atoms with Gasteiger partial charge in [0.05, 0.1) is 12.0 Å².